The van der Waals surface area contributed by atoms with Gasteiger partial charge in [0.15, 0.2) is 0 Å². The molecule has 2 unspecified atom stereocenters. The van der Waals surface area contributed by atoms with Gasteiger partial charge >= 0.3 is 0 Å². The minimum Gasteiger partial charge on any atom is -0.328 e. The van der Waals surface area contributed by atoms with E-state index in [0.29, 0.717) is 6.04 Å². The fraction of sp³-hybridized carbons (Fsp3) is 1.00. The molecule has 1 aliphatic carbocycles. The summed E-state index contributed by atoms with van der Waals surface area (Å²) in [6.07, 6.45) is 3.79. The summed E-state index contributed by atoms with van der Waals surface area (Å²) in [6, 6.07) is 0.467. The van der Waals surface area contributed by atoms with Crippen LogP contribution < -0.4 is 5.73 Å². The summed E-state index contributed by atoms with van der Waals surface area (Å²) >= 11 is 0. The van der Waals surface area contributed by atoms with Gasteiger partial charge < -0.3 is 15.5 Å². The van der Waals surface area contributed by atoms with Gasteiger partial charge in [0.25, 0.3) is 0 Å². The van der Waals surface area contributed by atoms with Crippen LogP contribution in [0.4, 0.5) is 0 Å². The summed E-state index contributed by atoms with van der Waals surface area (Å²) in [6.45, 7) is 9.44. The summed E-state index contributed by atoms with van der Waals surface area (Å²) in [5, 5.41) is 0. The van der Waals surface area contributed by atoms with Crippen LogP contribution in [-0.2, 0) is 0 Å². The van der Waals surface area contributed by atoms with Crippen molar-refractivity contribution in [2.24, 2.45) is 17.6 Å². The topological polar surface area (TPSA) is 32.5 Å². The molecule has 0 aromatic heterocycles. The molecule has 3 heteroatoms. The normalized spacial score (nSPS) is 25.4. The monoisotopic (exact) mass is 241 g/mol. The molecule has 0 aromatic rings. The van der Waals surface area contributed by atoms with Crippen molar-refractivity contribution in [1.82, 2.24) is 9.80 Å². The second-order valence-electron chi connectivity index (χ2n) is 6.40. The van der Waals surface area contributed by atoms with E-state index in [1.807, 2.05) is 0 Å². The third-order valence-corrected chi connectivity index (χ3v) is 3.58. The van der Waals surface area contributed by atoms with Crippen LogP contribution in [0.3, 0.4) is 0 Å². The molecule has 0 aliphatic heterocycles. The molecule has 1 fully saturated rings. The molecule has 2 N–H and O–H groups in total. The standard InChI is InChI=1S/C14H31N3/c1-12(2)10-17(8-7-16(3)4)11-13-5-6-14(15)9-13/h12-14H,5-11,15H2,1-4H3. The van der Waals surface area contributed by atoms with Crippen LogP contribution in [0.5, 0.6) is 0 Å². The summed E-state index contributed by atoms with van der Waals surface area (Å²) < 4.78 is 0. The Kier molecular flexibility index (Phi) is 6.45. The molecule has 2 atom stereocenters. The van der Waals surface area contributed by atoms with Crippen LogP contribution in [-0.4, -0.2) is 56.1 Å². The van der Waals surface area contributed by atoms with Gasteiger partial charge in [-0.1, -0.05) is 13.8 Å². The predicted molar refractivity (Wildman–Crippen MR) is 75.1 cm³/mol. The molecule has 17 heavy (non-hydrogen) atoms. The fourth-order valence-corrected chi connectivity index (χ4v) is 2.76. The van der Waals surface area contributed by atoms with E-state index >= 15 is 0 Å². The Labute approximate surface area is 107 Å². The van der Waals surface area contributed by atoms with Gasteiger partial charge in [0.05, 0.1) is 0 Å². The Balaban J connectivity index is 2.34. The van der Waals surface area contributed by atoms with Crippen molar-refractivity contribution in [1.29, 1.82) is 0 Å². The molecular formula is C14H31N3. The van der Waals surface area contributed by atoms with Crippen molar-refractivity contribution >= 4 is 0 Å². The van der Waals surface area contributed by atoms with Crippen LogP contribution >= 0.6 is 0 Å². The summed E-state index contributed by atoms with van der Waals surface area (Å²) in [4.78, 5) is 4.90. The van der Waals surface area contributed by atoms with Crippen molar-refractivity contribution in [3.05, 3.63) is 0 Å². The quantitative estimate of drug-likeness (QED) is 0.735. The highest BCUT2D eigenvalue weighted by Crippen LogP contribution is 2.25. The highest BCUT2D eigenvalue weighted by molar-refractivity contribution is 4.80. The van der Waals surface area contributed by atoms with E-state index in [-0.39, 0.29) is 0 Å². The maximum absolute atomic E-state index is 6.00. The molecule has 1 rings (SSSR count). The molecule has 1 saturated carbocycles. The lowest BCUT2D eigenvalue weighted by Crippen LogP contribution is -2.37. The Morgan fingerprint density at radius 3 is 2.35 bits per heavy atom. The van der Waals surface area contributed by atoms with E-state index in [1.54, 1.807) is 0 Å². The highest BCUT2D eigenvalue weighted by Gasteiger charge is 2.23. The third kappa shape index (κ3) is 6.39. The average molecular weight is 241 g/mol. The van der Waals surface area contributed by atoms with Crippen molar-refractivity contribution in [3.63, 3.8) is 0 Å². The molecule has 0 amide bonds. The van der Waals surface area contributed by atoms with Gasteiger partial charge in [0, 0.05) is 32.2 Å². The zero-order valence-corrected chi connectivity index (χ0v) is 12.2. The van der Waals surface area contributed by atoms with Crippen LogP contribution in [0.25, 0.3) is 0 Å². The van der Waals surface area contributed by atoms with Gasteiger partial charge in [-0.05, 0) is 45.2 Å². The van der Waals surface area contributed by atoms with Crippen LogP contribution in [0, 0.1) is 11.8 Å². The Morgan fingerprint density at radius 1 is 1.18 bits per heavy atom. The zero-order valence-electron chi connectivity index (χ0n) is 12.2. The Hall–Kier alpha value is -0.120. The SMILES string of the molecule is CC(C)CN(CCN(C)C)CC1CCC(N)C1. The molecule has 3 nitrogen and oxygen atoms in total. The molecule has 0 spiro atoms. The Morgan fingerprint density at radius 2 is 1.88 bits per heavy atom. The van der Waals surface area contributed by atoms with E-state index in [1.165, 1.54) is 38.9 Å². The van der Waals surface area contributed by atoms with Crippen molar-refractivity contribution < 1.29 is 0 Å². The second-order valence-corrected chi connectivity index (χ2v) is 6.40. The smallest absolute Gasteiger partial charge is 0.0109 e. The van der Waals surface area contributed by atoms with Crippen LogP contribution in [0.15, 0.2) is 0 Å². The van der Waals surface area contributed by atoms with Crippen LogP contribution in [0.2, 0.25) is 0 Å². The minimum atomic E-state index is 0.467. The van der Waals surface area contributed by atoms with E-state index in [9.17, 15) is 0 Å². The largest absolute Gasteiger partial charge is 0.328 e. The van der Waals surface area contributed by atoms with Gasteiger partial charge in [-0.25, -0.2) is 0 Å². The minimum absolute atomic E-state index is 0.467. The van der Waals surface area contributed by atoms with E-state index < -0.39 is 0 Å². The van der Waals surface area contributed by atoms with E-state index in [0.717, 1.165) is 18.4 Å². The van der Waals surface area contributed by atoms with Gasteiger partial charge in [-0.2, -0.15) is 0 Å². The number of likely N-dealkylation sites (N-methyl/N-ethyl adjacent to an activating group) is 1. The number of nitrogens with zero attached hydrogens (tertiary/aromatic N) is 2. The summed E-state index contributed by atoms with van der Waals surface area (Å²) in [7, 11) is 4.30. The average Bonchev–Trinajstić information content (AvgIpc) is 2.59. The van der Waals surface area contributed by atoms with Gasteiger partial charge in [0.1, 0.15) is 0 Å². The van der Waals surface area contributed by atoms with Gasteiger partial charge in [-0.3, -0.25) is 0 Å². The molecule has 102 valence electrons. The first-order valence-corrected chi connectivity index (χ1v) is 7.10. The fourth-order valence-electron chi connectivity index (χ4n) is 2.76. The predicted octanol–water partition coefficient (Wildman–Crippen LogP) is 1.63. The zero-order chi connectivity index (χ0) is 12.8. The number of hydrogen-bond acceptors (Lipinski definition) is 3. The molecule has 0 bridgehead atoms. The lowest BCUT2D eigenvalue weighted by Gasteiger charge is -2.28. The van der Waals surface area contributed by atoms with Crippen molar-refractivity contribution in [3.8, 4) is 0 Å². The highest BCUT2D eigenvalue weighted by atomic mass is 15.2. The maximum Gasteiger partial charge on any atom is 0.0109 e. The first kappa shape index (κ1) is 14.9. The molecular weight excluding hydrogens is 210 g/mol. The lowest BCUT2D eigenvalue weighted by atomic mass is 10.1. The van der Waals surface area contributed by atoms with Gasteiger partial charge in [-0.15, -0.1) is 0 Å². The van der Waals surface area contributed by atoms with Crippen LogP contribution in [0.1, 0.15) is 33.1 Å². The number of nitrogens with two attached hydrogens (primary N) is 1. The van der Waals surface area contributed by atoms with Crippen molar-refractivity contribution in [2.75, 3.05) is 40.3 Å². The Bertz CT molecular complexity index is 204. The van der Waals surface area contributed by atoms with Gasteiger partial charge in [0.2, 0.25) is 0 Å². The van der Waals surface area contributed by atoms with E-state index in [2.05, 4.69) is 37.7 Å². The molecule has 1 aliphatic rings. The first-order valence-electron chi connectivity index (χ1n) is 7.10. The van der Waals surface area contributed by atoms with Crippen molar-refractivity contribution in [2.45, 2.75) is 39.2 Å². The molecule has 0 aromatic carbocycles. The summed E-state index contributed by atoms with van der Waals surface area (Å²) in [5.41, 5.74) is 6.00. The number of rotatable bonds is 7. The molecule has 0 saturated heterocycles. The molecule has 0 radical (unpaired) electrons. The second kappa shape index (κ2) is 7.34. The van der Waals surface area contributed by atoms with E-state index in [4.69, 9.17) is 5.73 Å². The summed E-state index contributed by atoms with van der Waals surface area (Å²) in [5.74, 6) is 1.60. The third-order valence-electron chi connectivity index (χ3n) is 3.58. The first-order chi connectivity index (χ1) is 7.97. The maximum atomic E-state index is 6.00. The molecule has 0 heterocycles. The number of hydrogen-bond donors (Lipinski definition) is 1. The lowest BCUT2D eigenvalue weighted by molar-refractivity contribution is 0.190.